The number of aromatic nitrogens is 2. The molecule has 1 aliphatic heterocycles. The molecule has 1 saturated heterocycles. The number of nitrogens with zero attached hydrogens (tertiary/aromatic N) is 4. The van der Waals surface area contributed by atoms with E-state index in [1.807, 2.05) is 5.38 Å². The van der Waals surface area contributed by atoms with Crippen molar-refractivity contribution in [1.82, 2.24) is 14.9 Å². The predicted molar refractivity (Wildman–Crippen MR) is 119 cm³/mol. The predicted octanol–water partition coefficient (Wildman–Crippen LogP) is 3.66. The van der Waals surface area contributed by atoms with Crippen molar-refractivity contribution in [2.75, 3.05) is 41.7 Å². The number of benzene rings is 1. The van der Waals surface area contributed by atoms with Crippen molar-refractivity contribution < 1.29 is 14.0 Å². The molecular formula is C21H21FN6O2S. The van der Waals surface area contributed by atoms with E-state index in [9.17, 15) is 14.0 Å². The highest BCUT2D eigenvalue weighted by Gasteiger charge is 2.23. The molecule has 10 heteroatoms. The van der Waals surface area contributed by atoms with Gasteiger partial charge in [-0.25, -0.2) is 19.2 Å². The zero-order chi connectivity index (χ0) is 21.8. The van der Waals surface area contributed by atoms with Gasteiger partial charge in [-0.15, -0.1) is 11.3 Å². The van der Waals surface area contributed by atoms with Crippen LogP contribution in [-0.4, -0.2) is 53.0 Å². The molecule has 8 nitrogen and oxygen atoms in total. The van der Waals surface area contributed by atoms with Gasteiger partial charge >= 0.3 is 6.03 Å². The zero-order valence-electron chi connectivity index (χ0n) is 16.8. The van der Waals surface area contributed by atoms with Gasteiger partial charge in [0.15, 0.2) is 5.13 Å². The summed E-state index contributed by atoms with van der Waals surface area (Å²) in [5.74, 6) is -0.0391. The monoisotopic (exact) mass is 440 g/mol. The van der Waals surface area contributed by atoms with E-state index in [0.29, 0.717) is 37.7 Å². The summed E-state index contributed by atoms with van der Waals surface area (Å²) in [5, 5.41) is 8.25. The number of urea groups is 1. The second-order valence-corrected chi connectivity index (χ2v) is 7.88. The number of carbonyl (C=O) groups is 2. The number of amides is 3. The minimum Gasteiger partial charge on any atom is -0.345 e. The molecule has 31 heavy (non-hydrogen) atoms. The molecule has 0 atom stereocenters. The fourth-order valence-electron chi connectivity index (χ4n) is 3.19. The largest absolute Gasteiger partial charge is 0.345 e. The van der Waals surface area contributed by atoms with Crippen LogP contribution in [0, 0.1) is 5.82 Å². The lowest BCUT2D eigenvalue weighted by Gasteiger charge is -2.34. The van der Waals surface area contributed by atoms with E-state index in [1.165, 1.54) is 36.6 Å². The number of piperazine rings is 1. The average Bonchev–Trinajstić information content (AvgIpc) is 3.26. The van der Waals surface area contributed by atoms with Gasteiger partial charge in [0.05, 0.1) is 17.6 Å². The minimum atomic E-state index is -0.270. The molecule has 160 valence electrons. The van der Waals surface area contributed by atoms with Crippen molar-refractivity contribution in [3.63, 3.8) is 0 Å². The smallest absolute Gasteiger partial charge is 0.322 e. The molecule has 1 fully saturated rings. The van der Waals surface area contributed by atoms with Crippen molar-refractivity contribution >= 4 is 39.9 Å². The van der Waals surface area contributed by atoms with E-state index in [0.717, 1.165) is 16.4 Å². The second kappa shape index (κ2) is 9.09. The van der Waals surface area contributed by atoms with Crippen molar-refractivity contribution in [1.29, 1.82) is 0 Å². The maximum atomic E-state index is 13.1. The number of anilines is 3. The Balaban J connectivity index is 1.31. The molecule has 2 aromatic heterocycles. The van der Waals surface area contributed by atoms with Crippen molar-refractivity contribution in [2.24, 2.45) is 0 Å². The Hall–Kier alpha value is -3.53. The van der Waals surface area contributed by atoms with E-state index in [1.54, 1.807) is 29.2 Å². The van der Waals surface area contributed by atoms with Gasteiger partial charge in [0.2, 0.25) is 5.91 Å². The Bertz CT molecular complexity index is 1060. The van der Waals surface area contributed by atoms with Gasteiger partial charge in [0, 0.05) is 44.0 Å². The lowest BCUT2D eigenvalue weighted by Crippen LogP contribution is -2.50. The Kier molecular flexibility index (Phi) is 6.08. The number of nitrogens with one attached hydrogen (secondary N) is 2. The van der Waals surface area contributed by atoms with Crippen molar-refractivity contribution in [2.45, 2.75) is 6.92 Å². The Labute approximate surface area is 182 Å². The highest BCUT2D eigenvalue weighted by atomic mass is 32.1. The maximum absolute atomic E-state index is 13.1. The first kappa shape index (κ1) is 20.7. The number of thiazole rings is 1. The highest BCUT2D eigenvalue weighted by molar-refractivity contribution is 7.14. The topological polar surface area (TPSA) is 90.5 Å². The van der Waals surface area contributed by atoms with Crippen molar-refractivity contribution in [3.05, 3.63) is 53.8 Å². The molecule has 1 aliphatic rings. The number of rotatable bonds is 4. The van der Waals surface area contributed by atoms with Gasteiger partial charge in [0.1, 0.15) is 11.6 Å². The molecular weight excluding hydrogens is 419 g/mol. The maximum Gasteiger partial charge on any atom is 0.322 e. The van der Waals surface area contributed by atoms with Gasteiger partial charge in [-0.2, -0.15) is 0 Å². The highest BCUT2D eigenvalue weighted by Crippen LogP contribution is 2.28. The molecule has 0 spiro atoms. The van der Waals surface area contributed by atoms with Gasteiger partial charge in [-0.05, 0) is 36.4 Å². The molecule has 3 amide bonds. The first-order valence-electron chi connectivity index (χ1n) is 9.74. The van der Waals surface area contributed by atoms with E-state index in [4.69, 9.17) is 0 Å². The molecule has 3 aromatic rings. The summed E-state index contributed by atoms with van der Waals surface area (Å²) in [6.45, 7) is 3.88. The van der Waals surface area contributed by atoms with E-state index >= 15 is 0 Å². The summed E-state index contributed by atoms with van der Waals surface area (Å²) in [6, 6.07) is 9.42. The summed E-state index contributed by atoms with van der Waals surface area (Å²) in [5.41, 5.74) is 2.25. The molecule has 3 heterocycles. The number of hydrogen-bond donors (Lipinski definition) is 2. The summed E-state index contributed by atoms with van der Waals surface area (Å²) in [7, 11) is 0. The van der Waals surface area contributed by atoms with Crippen LogP contribution in [0.4, 0.5) is 25.8 Å². The summed E-state index contributed by atoms with van der Waals surface area (Å²) in [4.78, 5) is 36.2. The third-order valence-electron chi connectivity index (χ3n) is 4.79. The number of carbonyl (C=O) groups excluding carboxylic acids is 2. The SMILES string of the molecule is CC(=O)Nc1ccc(NC(=O)N2CCN(c3nc(-c4ccc(F)cc4)cs3)CC2)cn1. The summed E-state index contributed by atoms with van der Waals surface area (Å²) in [6.07, 6.45) is 1.51. The second-order valence-electron chi connectivity index (χ2n) is 7.04. The van der Waals surface area contributed by atoms with Crippen LogP contribution in [0.5, 0.6) is 0 Å². The zero-order valence-corrected chi connectivity index (χ0v) is 17.7. The van der Waals surface area contributed by atoms with E-state index in [-0.39, 0.29) is 17.8 Å². The molecule has 0 aliphatic carbocycles. The van der Waals surface area contributed by atoms with Crippen LogP contribution in [-0.2, 0) is 4.79 Å². The average molecular weight is 441 g/mol. The first-order valence-corrected chi connectivity index (χ1v) is 10.6. The molecule has 4 rings (SSSR count). The molecule has 0 radical (unpaired) electrons. The molecule has 0 bridgehead atoms. The van der Waals surface area contributed by atoms with Crippen LogP contribution in [0.15, 0.2) is 48.0 Å². The normalized spacial score (nSPS) is 13.7. The lowest BCUT2D eigenvalue weighted by atomic mass is 10.2. The Morgan fingerprint density at radius 1 is 1.03 bits per heavy atom. The molecule has 2 N–H and O–H groups in total. The Morgan fingerprint density at radius 2 is 1.77 bits per heavy atom. The fraction of sp³-hybridized carbons (Fsp3) is 0.238. The van der Waals surface area contributed by atoms with Crippen LogP contribution in [0.1, 0.15) is 6.92 Å². The van der Waals surface area contributed by atoms with Crippen LogP contribution in [0.3, 0.4) is 0 Å². The summed E-state index contributed by atoms with van der Waals surface area (Å²) >= 11 is 1.54. The fourth-order valence-corrected chi connectivity index (χ4v) is 4.08. The first-order chi connectivity index (χ1) is 15.0. The third kappa shape index (κ3) is 5.15. The number of halogens is 1. The molecule has 0 unspecified atom stereocenters. The molecule has 1 aromatic carbocycles. The van der Waals surface area contributed by atoms with E-state index < -0.39 is 0 Å². The Morgan fingerprint density at radius 3 is 2.42 bits per heavy atom. The number of hydrogen-bond acceptors (Lipinski definition) is 6. The third-order valence-corrected chi connectivity index (χ3v) is 5.69. The van der Waals surface area contributed by atoms with Gasteiger partial charge in [-0.3, -0.25) is 4.79 Å². The van der Waals surface area contributed by atoms with Crippen LogP contribution in [0.25, 0.3) is 11.3 Å². The summed E-state index contributed by atoms with van der Waals surface area (Å²) < 4.78 is 13.1. The van der Waals surface area contributed by atoms with Gasteiger partial charge in [-0.1, -0.05) is 0 Å². The standard InChI is InChI=1S/C21H21FN6O2S/c1-14(29)24-19-7-6-17(12-23-19)25-20(30)27-8-10-28(11-9-27)21-26-18(13-31-21)15-2-4-16(22)5-3-15/h2-7,12-13H,8-11H2,1H3,(H,25,30)(H,23,24,29). The minimum absolute atomic E-state index is 0.195. The quantitative estimate of drug-likeness (QED) is 0.646. The number of pyridine rings is 1. The molecule has 0 saturated carbocycles. The van der Waals surface area contributed by atoms with Gasteiger partial charge in [0.25, 0.3) is 0 Å². The lowest BCUT2D eigenvalue weighted by molar-refractivity contribution is -0.114. The van der Waals surface area contributed by atoms with Crippen molar-refractivity contribution in [3.8, 4) is 11.3 Å². The van der Waals surface area contributed by atoms with Crippen LogP contribution >= 0.6 is 11.3 Å². The van der Waals surface area contributed by atoms with Gasteiger partial charge < -0.3 is 20.4 Å². The van der Waals surface area contributed by atoms with Crippen LogP contribution < -0.4 is 15.5 Å². The van der Waals surface area contributed by atoms with E-state index in [2.05, 4.69) is 25.5 Å². The van der Waals surface area contributed by atoms with Crippen LogP contribution in [0.2, 0.25) is 0 Å².